The molecule has 0 heterocycles. The molecule has 2 fully saturated rings. The van der Waals surface area contributed by atoms with Crippen LogP contribution in [0, 0.1) is 24.7 Å². The van der Waals surface area contributed by atoms with Gasteiger partial charge in [-0.2, -0.15) is 13.2 Å². The molecule has 2 atom stereocenters. The number of Topliss-reactive ketones (excluding diaryl/α,β-unsaturated/α-hetero) is 1. The highest BCUT2D eigenvalue weighted by Crippen LogP contribution is 2.44. The number of benzene rings is 1. The molecule has 0 N–H and O–H groups in total. The molecule has 1 nitrogen and oxygen atoms in total. The number of carbonyl (C=O) groups is 1. The Hall–Kier alpha value is -1.32. The van der Waals surface area contributed by atoms with Gasteiger partial charge in [0.2, 0.25) is 0 Å². The van der Waals surface area contributed by atoms with Crippen molar-refractivity contribution in [3.05, 3.63) is 34.9 Å². The number of hydrogen-bond donors (Lipinski definition) is 0. The average molecular weight is 352 g/mol. The molecule has 0 spiro atoms. The van der Waals surface area contributed by atoms with E-state index in [9.17, 15) is 18.0 Å². The van der Waals surface area contributed by atoms with Crippen molar-refractivity contribution in [2.45, 2.75) is 70.9 Å². The number of rotatable bonds is 4. The lowest BCUT2D eigenvalue weighted by Gasteiger charge is -2.31. The largest absolute Gasteiger partial charge is 0.416 e. The first kappa shape index (κ1) is 18.5. The van der Waals surface area contributed by atoms with Crippen LogP contribution in [0.3, 0.4) is 0 Å². The number of halogens is 3. The van der Waals surface area contributed by atoms with Crippen molar-refractivity contribution in [2.75, 3.05) is 0 Å². The Balaban J connectivity index is 1.69. The van der Waals surface area contributed by atoms with E-state index < -0.39 is 11.7 Å². The quantitative estimate of drug-likeness (QED) is 0.559. The SMILES string of the molecule is Cc1cc(C(F)(F)F)ccc1C(=O)C[C@H]1CCC[C@H]1C1CCCCC1. The fourth-order valence-corrected chi connectivity index (χ4v) is 5.00. The van der Waals surface area contributed by atoms with Crippen molar-refractivity contribution in [3.63, 3.8) is 0 Å². The fourth-order valence-electron chi connectivity index (χ4n) is 5.00. The van der Waals surface area contributed by atoms with Crippen LogP contribution < -0.4 is 0 Å². The summed E-state index contributed by atoms with van der Waals surface area (Å²) in [5.41, 5.74) is 0.219. The second kappa shape index (κ2) is 7.51. The van der Waals surface area contributed by atoms with Crippen LogP contribution >= 0.6 is 0 Å². The maximum Gasteiger partial charge on any atom is 0.416 e. The molecule has 1 aromatic carbocycles. The van der Waals surface area contributed by atoms with Gasteiger partial charge in [-0.25, -0.2) is 0 Å². The maximum atomic E-state index is 12.8. The number of carbonyl (C=O) groups excluding carboxylic acids is 1. The Bertz CT molecular complexity index is 614. The highest BCUT2D eigenvalue weighted by Gasteiger charge is 2.36. The molecule has 0 saturated heterocycles. The van der Waals surface area contributed by atoms with E-state index in [1.54, 1.807) is 6.92 Å². The molecule has 3 rings (SSSR count). The summed E-state index contributed by atoms with van der Waals surface area (Å²) in [7, 11) is 0. The molecule has 0 bridgehead atoms. The predicted octanol–water partition coefficient (Wildman–Crippen LogP) is 6.58. The van der Waals surface area contributed by atoms with Gasteiger partial charge in [0.05, 0.1) is 5.56 Å². The van der Waals surface area contributed by atoms with Gasteiger partial charge in [0, 0.05) is 12.0 Å². The molecule has 0 amide bonds. The van der Waals surface area contributed by atoms with E-state index in [-0.39, 0.29) is 5.78 Å². The van der Waals surface area contributed by atoms with E-state index in [0.29, 0.717) is 29.4 Å². The Morgan fingerprint density at radius 2 is 1.76 bits per heavy atom. The topological polar surface area (TPSA) is 17.1 Å². The molecule has 25 heavy (non-hydrogen) atoms. The van der Waals surface area contributed by atoms with Crippen molar-refractivity contribution in [1.29, 1.82) is 0 Å². The zero-order chi connectivity index (χ0) is 18.0. The van der Waals surface area contributed by atoms with Crippen LogP contribution in [0.25, 0.3) is 0 Å². The Labute approximate surface area is 148 Å². The molecule has 0 unspecified atom stereocenters. The Kier molecular flexibility index (Phi) is 5.55. The number of ketones is 1. The van der Waals surface area contributed by atoms with Gasteiger partial charge in [0.15, 0.2) is 5.78 Å². The van der Waals surface area contributed by atoms with Gasteiger partial charge >= 0.3 is 6.18 Å². The van der Waals surface area contributed by atoms with E-state index in [2.05, 4.69) is 0 Å². The smallest absolute Gasteiger partial charge is 0.294 e. The molecule has 138 valence electrons. The molecular formula is C21H27F3O. The van der Waals surface area contributed by atoms with Gasteiger partial charge in [-0.3, -0.25) is 4.79 Å². The normalized spacial score (nSPS) is 25.3. The monoisotopic (exact) mass is 352 g/mol. The third-order valence-corrected chi connectivity index (χ3v) is 6.27. The minimum Gasteiger partial charge on any atom is -0.294 e. The molecule has 0 radical (unpaired) electrons. The average Bonchev–Trinajstić information content (AvgIpc) is 3.02. The number of alkyl halides is 3. The third-order valence-electron chi connectivity index (χ3n) is 6.27. The molecule has 0 aliphatic heterocycles. The molecule has 4 heteroatoms. The molecule has 1 aromatic rings. The highest BCUT2D eigenvalue weighted by atomic mass is 19.4. The van der Waals surface area contributed by atoms with Gasteiger partial charge in [-0.15, -0.1) is 0 Å². The lowest BCUT2D eigenvalue weighted by Crippen LogP contribution is -2.23. The van der Waals surface area contributed by atoms with E-state index in [1.807, 2.05) is 0 Å². The van der Waals surface area contributed by atoms with E-state index in [0.717, 1.165) is 24.5 Å². The van der Waals surface area contributed by atoms with Gasteiger partial charge in [-0.05, 0) is 55.2 Å². The van der Waals surface area contributed by atoms with Crippen molar-refractivity contribution >= 4 is 5.78 Å². The van der Waals surface area contributed by atoms with Crippen molar-refractivity contribution in [3.8, 4) is 0 Å². The fraction of sp³-hybridized carbons (Fsp3) is 0.667. The summed E-state index contributed by atoms with van der Waals surface area (Å²) >= 11 is 0. The molecule has 2 aliphatic carbocycles. The van der Waals surface area contributed by atoms with E-state index >= 15 is 0 Å². The van der Waals surface area contributed by atoms with Crippen LogP contribution in [0.4, 0.5) is 13.2 Å². The van der Waals surface area contributed by atoms with Crippen LogP contribution in [-0.2, 0) is 6.18 Å². The predicted molar refractivity (Wildman–Crippen MR) is 92.5 cm³/mol. The first-order valence-corrected chi connectivity index (χ1v) is 9.57. The summed E-state index contributed by atoms with van der Waals surface area (Å²) in [6, 6.07) is 3.50. The first-order valence-electron chi connectivity index (χ1n) is 9.57. The summed E-state index contributed by atoms with van der Waals surface area (Å²) in [6.45, 7) is 1.61. The highest BCUT2D eigenvalue weighted by molar-refractivity contribution is 5.97. The lowest BCUT2D eigenvalue weighted by atomic mass is 9.74. The zero-order valence-electron chi connectivity index (χ0n) is 14.9. The molecule has 2 saturated carbocycles. The van der Waals surface area contributed by atoms with Gasteiger partial charge in [0.1, 0.15) is 0 Å². The standard InChI is InChI=1S/C21H27F3O/c1-14-12-17(21(22,23)24)10-11-18(14)20(25)13-16-8-5-9-19(16)15-6-3-2-4-7-15/h10-12,15-16,19H,2-9,13H2,1H3/t16-,19+/m1/s1. The molecule has 0 aromatic heterocycles. The van der Waals surface area contributed by atoms with Crippen molar-refractivity contribution in [1.82, 2.24) is 0 Å². The second-order valence-corrected chi connectivity index (χ2v) is 7.91. The van der Waals surface area contributed by atoms with Gasteiger partial charge < -0.3 is 0 Å². The van der Waals surface area contributed by atoms with Gasteiger partial charge in [0.25, 0.3) is 0 Å². The minimum absolute atomic E-state index is 0.0129. The first-order chi connectivity index (χ1) is 11.9. The second-order valence-electron chi connectivity index (χ2n) is 7.91. The maximum absolute atomic E-state index is 12.8. The summed E-state index contributed by atoms with van der Waals surface area (Å²) < 4.78 is 38.4. The summed E-state index contributed by atoms with van der Waals surface area (Å²) in [6.07, 6.45) is 6.14. The molecular weight excluding hydrogens is 325 g/mol. The van der Waals surface area contributed by atoms with Gasteiger partial charge in [-0.1, -0.05) is 44.6 Å². The summed E-state index contributed by atoms with van der Waals surface area (Å²) in [5, 5.41) is 0. The number of aryl methyl sites for hydroxylation is 1. The molecule has 2 aliphatic rings. The number of hydrogen-bond acceptors (Lipinski definition) is 1. The van der Waals surface area contributed by atoms with E-state index in [4.69, 9.17) is 0 Å². The van der Waals surface area contributed by atoms with Crippen LogP contribution in [0.2, 0.25) is 0 Å². The summed E-state index contributed by atoms with van der Waals surface area (Å²) in [4.78, 5) is 12.7. The lowest BCUT2D eigenvalue weighted by molar-refractivity contribution is -0.137. The van der Waals surface area contributed by atoms with Crippen LogP contribution in [0.15, 0.2) is 18.2 Å². The summed E-state index contributed by atoms with van der Waals surface area (Å²) in [5.74, 6) is 1.82. The Morgan fingerprint density at radius 1 is 1.04 bits per heavy atom. The van der Waals surface area contributed by atoms with E-state index in [1.165, 1.54) is 51.0 Å². The minimum atomic E-state index is -4.36. The van der Waals surface area contributed by atoms with Crippen molar-refractivity contribution in [2.24, 2.45) is 17.8 Å². The third kappa shape index (κ3) is 4.27. The zero-order valence-corrected chi connectivity index (χ0v) is 14.9. The van der Waals surface area contributed by atoms with Crippen LogP contribution in [0.5, 0.6) is 0 Å². The van der Waals surface area contributed by atoms with Crippen LogP contribution in [0.1, 0.15) is 79.3 Å². The van der Waals surface area contributed by atoms with Crippen LogP contribution in [-0.4, -0.2) is 5.78 Å². The Morgan fingerprint density at radius 3 is 2.40 bits per heavy atom. The van der Waals surface area contributed by atoms with Crippen molar-refractivity contribution < 1.29 is 18.0 Å².